The number of hydrogen-bond acceptors (Lipinski definition) is 6. The minimum absolute atomic E-state index is 0.0538. The fourth-order valence-corrected chi connectivity index (χ4v) is 6.63. The van der Waals surface area contributed by atoms with E-state index in [9.17, 15) is 14.4 Å². The topological polar surface area (TPSA) is 132 Å². The number of allylic oxidation sites excluding steroid dienone is 2. The molecule has 1 fully saturated rings. The molecule has 6 heterocycles. The number of nitrogens with zero attached hydrogens (tertiary/aromatic N) is 2. The maximum Gasteiger partial charge on any atom is 0.248 e. The maximum atomic E-state index is 14.7. The van der Waals surface area contributed by atoms with E-state index < -0.39 is 23.3 Å². The van der Waals surface area contributed by atoms with E-state index in [2.05, 4.69) is 46.5 Å². The SMILES string of the molecule is O=C(/C=C1/C(=O)C2(Cc3ccc(Br)cc3)C=c3ccc([nH]3)=Cc3ccc([nH]3)C=C3C=CC(=N3)C(=O)C1N2)Nc1ccc2ncccc2c1. The van der Waals surface area contributed by atoms with Gasteiger partial charge in [-0.15, -0.1) is 0 Å². The van der Waals surface area contributed by atoms with Gasteiger partial charge in [0.1, 0.15) is 17.3 Å². The van der Waals surface area contributed by atoms with Crippen LogP contribution in [0, 0.1) is 0 Å². The number of amides is 1. The number of nitrogens with one attached hydrogen (secondary N) is 4. The van der Waals surface area contributed by atoms with E-state index in [1.807, 2.05) is 91.0 Å². The lowest BCUT2D eigenvalue weighted by Crippen LogP contribution is -2.50. The van der Waals surface area contributed by atoms with Crippen LogP contribution in [0.25, 0.3) is 29.1 Å². The van der Waals surface area contributed by atoms with Crippen LogP contribution in [-0.4, -0.2) is 49.7 Å². The Kier molecular flexibility index (Phi) is 7.31. The third-order valence-corrected chi connectivity index (χ3v) is 9.12. The highest BCUT2D eigenvalue weighted by atomic mass is 79.9. The Balaban J connectivity index is 1.27. The van der Waals surface area contributed by atoms with Crippen LogP contribution in [-0.2, 0) is 20.8 Å². The summed E-state index contributed by atoms with van der Waals surface area (Å²) in [6.07, 6.45) is 12.2. The van der Waals surface area contributed by atoms with Crippen LogP contribution < -0.4 is 21.3 Å². The van der Waals surface area contributed by atoms with Gasteiger partial charge in [-0.25, -0.2) is 4.99 Å². The summed E-state index contributed by atoms with van der Waals surface area (Å²) in [5.74, 6) is -1.32. The number of halogens is 1. The molecule has 8 rings (SSSR count). The summed E-state index contributed by atoms with van der Waals surface area (Å²) in [5.41, 5.74) is 3.37. The first-order valence-corrected chi connectivity index (χ1v) is 16.2. The molecule has 5 aromatic rings. The van der Waals surface area contributed by atoms with Gasteiger partial charge in [-0.05, 0) is 96.6 Å². The Bertz CT molecular complexity index is 2410. The van der Waals surface area contributed by atoms with Crippen molar-refractivity contribution >= 4 is 73.9 Å². The standard InChI is InChI=1S/C38H27BrN6O3/c39-24-5-3-22(4-6-24)20-38-21-30-10-9-28(42-30)17-26-7-8-27(41-26)18-29-12-14-33(43-29)36(47)35(45-38)31(37(38)48)19-34(46)44-25-11-13-32-23(16-25)2-1-15-40-32/h1-19,21,35,41-42,45H,20H2,(H,44,46)/b28-17?,29-18?,30-21?,31-19+. The normalized spacial score (nSPS) is 20.8. The number of rotatable bonds is 4. The van der Waals surface area contributed by atoms with Gasteiger partial charge < -0.3 is 15.3 Å². The zero-order valence-electron chi connectivity index (χ0n) is 25.3. The molecule has 234 valence electrons. The number of aromatic amines is 2. The predicted octanol–water partition coefficient (Wildman–Crippen LogP) is 4.28. The molecule has 48 heavy (non-hydrogen) atoms. The number of Topliss-reactive ketones (excluding diaryl/α,β-unsaturated/α-hetero) is 2. The van der Waals surface area contributed by atoms with E-state index in [1.54, 1.807) is 24.4 Å². The molecule has 8 bridgehead atoms. The van der Waals surface area contributed by atoms with Gasteiger partial charge in [0, 0.05) is 61.9 Å². The van der Waals surface area contributed by atoms with Gasteiger partial charge in [-0.3, -0.25) is 24.7 Å². The molecule has 4 N–H and O–H groups in total. The zero-order chi connectivity index (χ0) is 32.8. The van der Waals surface area contributed by atoms with E-state index in [0.29, 0.717) is 16.7 Å². The Morgan fingerprint density at radius 3 is 2.58 bits per heavy atom. The van der Waals surface area contributed by atoms with Crippen molar-refractivity contribution in [3.63, 3.8) is 0 Å². The van der Waals surface area contributed by atoms with Crippen molar-refractivity contribution in [2.45, 2.75) is 18.0 Å². The summed E-state index contributed by atoms with van der Waals surface area (Å²) in [7, 11) is 0. The van der Waals surface area contributed by atoms with Crippen molar-refractivity contribution in [2.75, 3.05) is 5.32 Å². The molecular formula is C38H27BrN6O3. The number of hydrogen-bond donors (Lipinski definition) is 4. The lowest BCUT2D eigenvalue weighted by molar-refractivity contribution is -0.118. The molecule has 1 saturated heterocycles. The fraction of sp³-hybridized carbons (Fsp3) is 0.0789. The Hall–Kier alpha value is -5.71. The van der Waals surface area contributed by atoms with Gasteiger partial charge in [0.15, 0.2) is 5.78 Å². The van der Waals surface area contributed by atoms with E-state index in [0.717, 1.165) is 37.7 Å². The molecule has 0 aliphatic carbocycles. The highest BCUT2D eigenvalue weighted by molar-refractivity contribution is 9.10. The van der Waals surface area contributed by atoms with Crippen molar-refractivity contribution in [3.8, 4) is 0 Å². The number of aromatic nitrogens is 3. The molecule has 2 unspecified atom stereocenters. The van der Waals surface area contributed by atoms with Crippen molar-refractivity contribution in [2.24, 2.45) is 4.99 Å². The third-order valence-electron chi connectivity index (χ3n) is 8.59. The van der Waals surface area contributed by atoms with E-state index in [4.69, 9.17) is 0 Å². The Morgan fingerprint density at radius 1 is 0.917 bits per heavy atom. The zero-order valence-corrected chi connectivity index (χ0v) is 26.9. The maximum absolute atomic E-state index is 14.7. The van der Waals surface area contributed by atoms with Crippen LogP contribution in [0.4, 0.5) is 5.69 Å². The van der Waals surface area contributed by atoms with Crippen molar-refractivity contribution in [1.82, 2.24) is 20.3 Å². The minimum Gasteiger partial charge on any atom is -0.356 e. The third kappa shape index (κ3) is 5.72. The molecule has 3 aromatic heterocycles. The van der Waals surface area contributed by atoms with Crippen LogP contribution in [0.2, 0.25) is 0 Å². The van der Waals surface area contributed by atoms with E-state index in [1.165, 1.54) is 6.08 Å². The molecule has 3 aliphatic heterocycles. The Morgan fingerprint density at radius 2 is 1.73 bits per heavy atom. The highest BCUT2D eigenvalue weighted by Crippen LogP contribution is 2.32. The van der Waals surface area contributed by atoms with Crippen molar-refractivity contribution in [1.29, 1.82) is 0 Å². The highest BCUT2D eigenvalue weighted by Gasteiger charge is 2.51. The Labute approximate surface area is 282 Å². The number of pyridine rings is 1. The molecular weight excluding hydrogens is 668 g/mol. The van der Waals surface area contributed by atoms with Gasteiger partial charge in [0.2, 0.25) is 11.7 Å². The molecule has 9 nitrogen and oxygen atoms in total. The van der Waals surface area contributed by atoms with Crippen LogP contribution in [0.5, 0.6) is 0 Å². The van der Waals surface area contributed by atoms with Crippen molar-refractivity contribution in [3.05, 3.63) is 147 Å². The molecule has 0 radical (unpaired) electrons. The summed E-state index contributed by atoms with van der Waals surface area (Å²) in [6, 6.07) is 23.4. The summed E-state index contributed by atoms with van der Waals surface area (Å²) < 4.78 is 0.901. The second-order valence-electron chi connectivity index (χ2n) is 12.0. The number of carbonyl (C=O) groups is 3. The lowest BCUT2D eigenvalue weighted by Gasteiger charge is -2.25. The number of carbonyl (C=O) groups excluding carboxylic acids is 3. The summed E-state index contributed by atoms with van der Waals surface area (Å²) in [4.78, 5) is 58.2. The monoisotopic (exact) mass is 694 g/mol. The van der Waals surface area contributed by atoms with Gasteiger partial charge >= 0.3 is 0 Å². The quantitative estimate of drug-likeness (QED) is 0.209. The first-order valence-electron chi connectivity index (χ1n) is 15.4. The molecule has 2 aromatic carbocycles. The van der Waals surface area contributed by atoms with Crippen molar-refractivity contribution < 1.29 is 14.4 Å². The first-order chi connectivity index (χ1) is 23.3. The summed E-state index contributed by atoms with van der Waals surface area (Å²) >= 11 is 3.49. The van der Waals surface area contributed by atoms with Crippen LogP contribution in [0.1, 0.15) is 17.0 Å². The molecule has 10 heteroatoms. The molecule has 0 spiro atoms. The number of aliphatic imine (C=N–C) groups is 1. The van der Waals surface area contributed by atoms with Gasteiger partial charge in [0.25, 0.3) is 0 Å². The molecule has 3 aliphatic rings. The molecule has 0 saturated carbocycles. The van der Waals surface area contributed by atoms with E-state index >= 15 is 0 Å². The number of H-pyrrole nitrogens is 2. The average molecular weight is 696 g/mol. The van der Waals surface area contributed by atoms with Crippen LogP contribution in [0.3, 0.4) is 0 Å². The number of fused-ring (bicyclic) bond motifs is 8. The smallest absolute Gasteiger partial charge is 0.248 e. The molecule has 1 amide bonds. The largest absolute Gasteiger partial charge is 0.356 e. The second-order valence-corrected chi connectivity index (χ2v) is 12.9. The first kappa shape index (κ1) is 29.7. The van der Waals surface area contributed by atoms with E-state index in [-0.39, 0.29) is 23.5 Å². The predicted molar refractivity (Wildman–Crippen MR) is 189 cm³/mol. The fourth-order valence-electron chi connectivity index (χ4n) is 6.36. The number of ketones is 2. The second kappa shape index (κ2) is 11.8. The van der Waals surface area contributed by atoms with Gasteiger partial charge in [-0.1, -0.05) is 34.1 Å². The van der Waals surface area contributed by atoms with Gasteiger partial charge in [-0.2, -0.15) is 0 Å². The van der Waals surface area contributed by atoms with Crippen LogP contribution >= 0.6 is 15.9 Å². The molecule has 2 atom stereocenters. The number of benzene rings is 2. The summed E-state index contributed by atoms with van der Waals surface area (Å²) in [6.45, 7) is 0. The van der Waals surface area contributed by atoms with Crippen LogP contribution in [0.15, 0.2) is 124 Å². The average Bonchev–Trinajstić information content (AvgIpc) is 3.88. The minimum atomic E-state index is -1.37. The van der Waals surface area contributed by atoms with Gasteiger partial charge in [0.05, 0.1) is 11.2 Å². The summed E-state index contributed by atoms with van der Waals surface area (Å²) in [5, 5.41) is 8.61. The number of anilines is 1. The lowest BCUT2D eigenvalue weighted by atomic mass is 9.86.